The van der Waals surface area contributed by atoms with Crippen LogP contribution in [0.2, 0.25) is 0 Å². The number of hydrogen-bond donors (Lipinski definition) is 2. The summed E-state index contributed by atoms with van der Waals surface area (Å²) >= 11 is 8.49. The van der Waals surface area contributed by atoms with Crippen LogP contribution in [0.5, 0.6) is 0 Å². The van der Waals surface area contributed by atoms with Gasteiger partial charge in [-0.25, -0.2) is 0 Å². The van der Waals surface area contributed by atoms with Crippen LogP contribution in [-0.4, -0.2) is 11.5 Å². The third-order valence-corrected chi connectivity index (χ3v) is 3.48. The van der Waals surface area contributed by atoms with Crippen molar-refractivity contribution in [3.05, 3.63) is 28.2 Å². The van der Waals surface area contributed by atoms with E-state index in [9.17, 15) is 0 Å². The number of unbranched alkanes of at least 4 members (excludes halogenated alkanes) is 1. The zero-order valence-electron chi connectivity index (χ0n) is 11.0. The highest BCUT2D eigenvalue weighted by Gasteiger charge is 2.05. The third kappa shape index (κ3) is 5.36. The lowest BCUT2D eigenvalue weighted by Crippen LogP contribution is -2.14. The largest absolute Gasteiger partial charge is 0.389 e. The van der Waals surface area contributed by atoms with Crippen molar-refractivity contribution in [2.24, 2.45) is 11.7 Å². The molecule has 1 aromatic rings. The maximum atomic E-state index is 5.72. The summed E-state index contributed by atoms with van der Waals surface area (Å²) in [5, 5.41) is 3.41. The number of anilines is 1. The summed E-state index contributed by atoms with van der Waals surface area (Å²) < 4.78 is 0.996. The lowest BCUT2D eigenvalue weighted by Gasteiger charge is -2.12. The van der Waals surface area contributed by atoms with Crippen molar-refractivity contribution in [2.75, 3.05) is 11.9 Å². The molecule has 4 heteroatoms. The van der Waals surface area contributed by atoms with Gasteiger partial charge < -0.3 is 11.1 Å². The summed E-state index contributed by atoms with van der Waals surface area (Å²) in [6, 6.07) is 5.97. The number of halogens is 1. The Kier molecular flexibility index (Phi) is 6.65. The third-order valence-electron chi connectivity index (χ3n) is 2.77. The van der Waals surface area contributed by atoms with Crippen LogP contribution in [-0.2, 0) is 0 Å². The van der Waals surface area contributed by atoms with Crippen molar-refractivity contribution < 1.29 is 0 Å². The first kappa shape index (κ1) is 15.4. The molecule has 0 saturated heterocycles. The fourth-order valence-electron chi connectivity index (χ4n) is 1.78. The van der Waals surface area contributed by atoms with E-state index < -0.39 is 0 Å². The van der Waals surface area contributed by atoms with Gasteiger partial charge in [0.1, 0.15) is 4.99 Å². The smallest absolute Gasteiger partial charge is 0.106 e. The van der Waals surface area contributed by atoms with E-state index in [1.807, 2.05) is 18.2 Å². The van der Waals surface area contributed by atoms with Gasteiger partial charge in [0.05, 0.1) is 0 Å². The molecule has 1 aromatic carbocycles. The van der Waals surface area contributed by atoms with E-state index in [0.717, 1.165) is 28.2 Å². The summed E-state index contributed by atoms with van der Waals surface area (Å²) in [7, 11) is 0. The first-order chi connectivity index (χ1) is 8.50. The molecular weight excluding hydrogens is 308 g/mol. The molecule has 0 bridgehead atoms. The summed E-state index contributed by atoms with van der Waals surface area (Å²) in [4.78, 5) is 0.431. The lowest BCUT2D eigenvalue weighted by molar-refractivity contribution is 0.545. The Morgan fingerprint density at radius 2 is 2.11 bits per heavy atom. The minimum Gasteiger partial charge on any atom is -0.389 e. The van der Waals surface area contributed by atoms with Gasteiger partial charge in [0.25, 0.3) is 0 Å². The van der Waals surface area contributed by atoms with Gasteiger partial charge in [-0.15, -0.1) is 0 Å². The Labute approximate surface area is 123 Å². The van der Waals surface area contributed by atoms with Crippen molar-refractivity contribution in [3.8, 4) is 0 Å². The predicted molar refractivity (Wildman–Crippen MR) is 87.2 cm³/mol. The summed E-state index contributed by atoms with van der Waals surface area (Å²) in [6.07, 6.45) is 3.71. The fourth-order valence-corrected chi connectivity index (χ4v) is 2.31. The number of hydrogen-bond acceptors (Lipinski definition) is 2. The van der Waals surface area contributed by atoms with Gasteiger partial charge in [0.2, 0.25) is 0 Å². The van der Waals surface area contributed by atoms with Crippen LogP contribution in [0.15, 0.2) is 22.7 Å². The second-order valence-corrected chi connectivity index (χ2v) is 6.23. The molecule has 100 valence electrons. The van der Waals surface area contributed by atoms with E-state index in [1.54, 1.807) is 0 Å². The molecule has 18 heavy (non-hydrogen) atoms. The van der Waals surface area contributed by atoms with E-state index in [0.29, 0.717) is 4.99 Å². The highest BCUT2D eigenvalue weighted by Crippen LogP contribution is 2.21. The van der Waals surface area contributed by atoms with Gasteiger partial charge in [-0.2, -0.15) is 0 Å². The van der Waals surface area contributed by atoms with Crippen molar-refractivity contribution in [1.82, 2.24) is 0 Å². The second kappa shape index (κ2) is 7.74. The van der Waals surface area contributed by atoms with E-state index in [2.05, 4.69) is 35.1 Å². The van der Waals surface area contributed by atoms with E-state index >= 15 is 0 Å². The monoisotopic (exact) mass is 328 g/mol. The van der Waals surface area contributed by atoms with E-state index in [4.69, 9.17) is 18.0 Å². The van der Waals surface area contributed by atoms with Gasteiger partial charge in [0, 0.05) is 22.3 Å². The molecule has 2 nitrogen and oxygen atoms in total. The molecule has 0 fully saturated rings. The summed E-state index contributed by atoms with van der Waals surface area (Å²) in [6.45, 7) is 5.48. The molecule has 0 aromatic heterocycles. The number of nitrogens with one attached hydrogen (secondary N) is 1. The Hall–Kier alpha value is -0.610. The Morgan fingerprint density at radius 3 is 2.72 bits per heavy atom. The minimum absolute atomic E-state index is 0.431. The van der Waals surface area contributed by atoms with E-state index in [-0.39, 0.29) is 0 Å². The Balaban J connectivity index is 2.49. The standard InChI is InChI=1S/C14H21BrN2S/c1-10(2)5-3-4-8-17-13-7-6-11(15)9-12(13)14(16)18/h6-7,9-10,17H,3-5,8H2,1-2H3,(H2,16,18). The first-order valence-electron chi connectivity index (χ1n) is 6.34. The van der Waals surface area contributed by atoms with Crippen molar-refractivity contribution in [3.63, 3.8) is 0 Å². The highest BCUT2D eigenvalue weighted by molar-refractivity contribution is 9.10. The molecule has 0 aliphatic carbocycles. The zero-order chi connectivity index (χ0) is 13.5. The summed E-state index contributed by atoms with van der Waals surface area (Å²) in [5.74, 6) is 0.782. The molecule has 0 amide bonds. The highest BCUT2D eigenvalue weighted by atomic mass is 79.9. The Morgan fingerprint density at radius 1 is 1.39 bits per heavy atom. The fraction of sp³-hybridized carbons (Fsp3) is 0.500. The minimum atomic E-state index is 0.431. The Bertz CT molecular complexity index is 405. The SMILES string of the molecule is CC(C)CCCCNc1ccc(Br)cc1C(N)=S. The number of nitrogens with two attached hydrogens (primary N) is 1. The molecule has 0 radical (unpaired) electrons. The average Bonchev–Trinajstić information content (AvgIpc) is 2.29. The van der Waals surface area contributed by atoms with Crippen LogP contribution in [0, 0.1) is 5.92 Å². The van der Waals surface area contributed by atoms with Crippen LogP contribution in [0.4, 0.5) is 5.69 Å². The van der Waals surface area contributed by atoms with Gasteiger partial charge >= 0.3 is 0 Å². The number of benzene rings is 1. The zero-order valence-corrected chi connectivity index (χ0v) is 13.4. The van der Waals surface area contributed by atoms with Crippen LogP contribution < -0.4 is 11.1 Å². The van der Waals surface area contributed by atoms with Crippen LogP contribution in [0.1, 0.15) is 38.7 Å². The topological polar surface area (TPSA) is 38.0 Å². The predicted octanol–water partition coefficient (Wildman–Crippen LogP) is 4.32. The second-order valence-electron chi connectivity index (χ2n) is 4.87. The molecule has 3 N–H and O–H groups in total. The molecule has 0 saturated carbocycles. The first-order valence-corrected chi connectivity index (χ1v) is 7.54. The molecule has 0 aliphatic rings. The average molecular weight is 329 g/mol. The molecular formula is C14H21BrN2S. The number of thiocarbonyl (C=S) groups is 1. The van der Waals surface area contributed by atoms with Gasteiger partial charge in [-0.1, -0.05) is 54.8 Å². The van der Waals surface area contributed by atoms with Gasteiger partial charge in [0.15, 0.2) is 0 Å². The molecule has 0 aliphatic heterocycles. The normalized spacial score (nSPS) is 10.7. The van der Waals surface area contributed by atoms with Crippen LogP contribution in [0.25, 0.3) is 0 Å². The quantitative estimate of drug-likeness (QED) is 0.578. The van der Waals surface area contributed by atoms with Gasteiger partial charge in [-0.3, -0.25) is 0 Å². The molecule has 0 unspecified atom stereocenters. The van der Waals surface area contributed by atoms with Crippen LogP contribution >= 0.6 is 28.1 Å². The van der Waals surface area contributed by atoms with Crippen molar-refractivity contribution >= 4 is 38.8 Å². The summed E-state index contributed by atoms with van der Waals surface area (Å²) in [5.41, 5.74) is 7.65. The maximum Gasteiger partial charge on any atom is 0.106 e. The van der Waals surface area contributed by atoms with Crippen LogP contribution in [0.3, 0.4) is 0 Å². The molecule has 0 spiro atoms. The molecule has 1 rings (SSSR count). The van der Waals surface area contributed by atoms with Crippen molar-refractivity contribution in [1.29, 1.82) is 0 Å². The van der Waals surface area contributed by atoms with E-state index in [1.165, 1.54) is 19.3 Å². The van der Waals surface area contributed by atoms with Gasteiger partial charge in [-0.05, 0) is 30.5 Å². The lowest BCUT2D eigenvalue weighted by atomic mass is 10.1. The maximum absolute atomic E-state index is 5.72. The number of rotatable bonds is 7. The molecule has 0 atom stereocenters. The molecule has 0 heterocycles. The van der Waals surface area contributed by atoms with Crippen molar-refractivity contribution in [2.45, 2.75) is 33.1 Å².